The molecule has 2 N–H and O–H groups in total. The number of benzene rings is 1. The van der Waals surface area contributed by atoms with Gasteiger partial charge in [0.05, 0.1) is 25.8 Å². The third kappa shape index (κ3) is 4.62. The zero-order valence-corrected chi connectivity index (χ0v) is 15.0. The fraction of sp³-hybridized carbons (Fsp3) is 0.529. The van der Waals surface area contributed by atoms with E-state index in [2.05, 4.69) is 5.32 Å². The molecule has 2 aliphatic heterocycles. The summed E-state index contributed by atoms with van der Waals surface area (Å²) in [7, 11) is 1.62. The minimum Gasteiger partial charge on any atom is -0.497 e. The van der Waals surface area contributed by atoms with Crippen molar-refractivity contribution < 1.29 is 19.4 Å². The normalized spacial score (nSPS) is 23.4. The fourth-order valence-electron chi connectivity index (χ4n) is 3.14. The number of amides is 2. The largest absolute Gasteiger partial charge is 0.497 e. The second kappa shape index (κ2) is 8.51. The van der Waals surface area contributed by atoms with Gasteiger partial charge in [-0.1, -0.05) is 12.1 Å². The lowest BCUT2D eigenvalue weighted by Crippen LogP contribution is -2.55. The van der Waals surface area contributed by atoms with Crippen LogP contribution in [0.25, 0.3) is 0 Å². The molecule has 0 radical (unpaired) electrons. The Balaban J connectivity index is 0.00000225. The summed E-state index contributed by atoms with van der Waals surface area (Å²) < 4.78 is 5.13. The molecule has 2 aliphatic rings. The molecule has 138 valence electrons. The third-order valence-corrected chi connectivity index (χ3v) is 4.57. The highest BCUT2D eigenvalue weighted by molar-refractivity contribution is 5.88. The highest BCUT2D eigenvalue weighted by atomic mass is 35.5. The minimum atomic E-state index is -0.481. The highest BCUT2D eigenvalue weighted by Gasteiger charge is 2.34. The van der Waals surface area contributed by atoms with Crippen LogP contribution < -0.4 is 10.1 Å². The van der Waals surface area contributed by atoms with Crippen LogP contribution in [0.3, 0.4) is 0 Å². The molecular formula is C17H24ClN3O4. The summed E-state index contributed by atoms with van der Waals surface area (Å²) in [5, 5.41) is 12.5. The van der Waals surface area contributed by atoms with Gasteiger partial charge in [0, 0.05) is 26.2 Å². The van der Waals surface area contributed by atoms with Gasteiger partial charge in [0.15, 0.2) is 0 Å². The van der Waals surface area contributed by atoms with E-state index in [1.54, 1.807) is 16.9 Å². The van der Waals surface area contributed by atoms with Gasteiger partial charge in [-0.15, -0.1) is 12.4 Å². The molecule has 2 heterocycles. The van der Waals surface area contributed by atoms with Gasteiger partial charge >= 0.3 is 0 Å². The van der Waals surface area contributed by atoms with Gasteiger partial charge in [-0.25, -0.2) is 0 Å². The molecule has 0 unspecified atom stereocenters. The number of ether oxygens (including phenoxy) is 1. The number of aliphatic hydroxyl groups excluding tert-OH is 1. The number of hydrogen-bond donors (Lipinski definition) is 2. The van der Waals surface area contributed by atoms with Crippen LogP contribution in [0.1, 0.15) is 12.0 Å². The molecule has 0 bridgehead atoms. The van der Waals surface area contributed by atoms with Crippen LogP contribution in [0, 0.1) is 0 Å². The number of rotatable bonds is 4. The van der Waals surface area contributed by atoms with Crippen molar-refractivity contribution in [2.75, 3.05) is 33.3 Å². The van der Waals surface area contributed by atoms with Crippen LogP contribution in [-0.2, 0) is 16.1 Å². The molecule has 1 aromatic rings. The van der Waals surface area contributed by atoms with Crippen molar-refractivity contribution in [1.82, 2.24) is 15.1 Å². The fourth-order valence-corrected chi connectivity index (χ4v) is 3.14. The van der Waals surface area contributed by atoms with Crippen LogP contribution in [0.4, 0.5) is 0 Å². The molecule has 3 rings (SSSR count). The molecule has 0 aromatic heterocycles. The maximum Gasteiger partial charge on any atom is 0.242 e. The van der Waals surface area contributed by atoms with Crippen LogP contribution in [0.2, 0.25) is 0 Å². The Morgan fingerprint density at radius 3 is 2.60 bits per heavy atom. The van der Waals surface area contributed by atoms with Crippen molar-refractivity contribution in [3.8, 4) is 5.75 Å². The first-order chi connectivity index (χ1) is 11.6. The van der Waals surface area contributed by atoms with Crippen LogP contribution >= 0.6 is 12.4 Å². The maximum absolute atomic E-state index is 12.4. The van der Waals surface area contributed by atoms with Crippen molar-refractivity contribution in [3.63, 3.8) is 0 Å². The predicted molar refractivity (Wildman–Crippen MR) is 94.7 cm³/mol. The first-order valence-corrected chi connectivity index (χ1v) is 8.18. The quantitative estimate of drug-likeness (QED) is 0.781. The second-order valence-electron chi connectivity index (χ2n) is 6.27. The van der Waals surface area contributed by atoms with Crippen LogP contribution in [0.15, 0.2) is 24.3 Å². The van der Waals surface area contributed by atoms with E-state index in [0.29, 0.717) is 32.6 Å². The first kappa shape index (κ1) is 19.5. The molecule has 1 aromatic carbocycles. The van der Waals surface area contributed by atoms with Crippen molar-refractivity contribution in [2.45, 2.75) is 25.1 Å². The zero-order chi connectivity index (χ0) is 17.1. The summed E-state index contributed by atoms with van der Waals surface area (Å²) in [5.41, 5.74) is 1.03. The number of hydrogen-bond acceptors (Lipinski definition) is 5. The third-order valence-electron chi connectivity index (χ3n) is 4.57. The van der Waals surface area contributed by atoms with E-state index in [1.165, 1.54) is 0 Å². The molecule has 7 nitrogen and oxygen atoms in total. The number of β-amino-alcohol motifs (C(OH)–C–C–N with tert-alkyl or cyclic N) is 1. The number of aliphatic hydroxyl groups is 1. The molecule has 0 saturated carbocycles. The molecule has 2 saturated heterocycles. The summed E-state index contributed by atoms with van der Waals surface area (Å²) in [5.74, 6) is 0.639. The van der Waals surface area contributed by atoms with Crippen molar-refractivity contribution in [1.29, 1.82) is 0 Å². The summed E-state index contributed by atoms with van der Waals surface area (Å²) in [6.07, 6.45) is -0.0648. The van der Waals surface area contributed by atoms with Gasteiger partial charge in [-0.2, -0.15) is 0 Å². The Labute approximate surface area is 153 Å². The van der Waals surface area contributed by atoms with Gasteiger partial charge in [-0.05, 0) is 24.1 Å². The van der Waals surface area contributed by atoms with Gasteiger partial charge in [-0.3, -0.25) is 9.59 Å². The lowest BCUT2D eigenvalue weighted by Gasteiger charge is -2.35. The summed E-state index contributed by atoms with van der Waals surface area (Å²) >= 11 is 0. The summed E-state index contributed by atoms with van der Waals surface area (Å²) in [4.78, 5) is 28.1. The van der Waals surface area contributed by atoms with Crippen LogP contribution in [-0.4, -0.2) is 72.2 Å². The predicted octanol–water partition coefficient (Wildman–Crippen LogP) is 0.0106. The Bertz CT molecular complexity index is 610. The van der Waals surface area contributed by atoms with E-state index in [-0.39, 0.29) is 36.8 Å². The average Bonchev–Trinajstić information content (AvgIpc) is 3.03. The number of carbonyl (C=O) groups is 2. The molecule has 0 spiro atoms. The van der Waals surface area contributed by atoms with Gasteiger partial charge < -0.3 is 25.0 Å². The lowest BCUT2D eigenvalue weighted by molar-refractivity contribution is -0.146. The Hall–Kier alpha value is -1.83. The average molecular weight is 370 g/mol. The van der Waals surface area contributed by atoms with Gasteiger partial charge in [0.1, 0.15) is 5.75 Å². The number of carbonyl (C=O) groups excluding carboxylic acids is 2. The SMILES string of the molecule is COc1ccc(CN2CCN(C(=O)[C@@H]3C[C@@H](O)CN3)CC2=O)cc1.Cl. The van der Waals surface area contributed by atoms with E-state index in [4.69, 9.17) is 4.74 Å². The molecule has 2 amide bonds. The number of methoxy groups -OCH3 is 1. The molecule has 8 heteroatoms. The molecule has 25 heavy (non-hydrogen) atoms. The summed E-state index contributed by atoms with van der Waals surface area (Å²) in [6.45, 7) is 2.11. The molecular weight excluding hydrogens is 346 g/mol. The monoisotopic (exact) mass is 369 g/mol. The Morgan fingerprint density at radius 1 is 1.32 bits per heavy atom. The molecule has 0 aliphatic carbocycles. The van der Waals surface area contributed by atoms with Crippen molar-refractivity contribution in [2.24, 2.45) is 0 Å². The Morgan fingerprint density at radius 2 is 2.04 bits per heavy atom. The lowest BCUT2D eigenvalue weighted by atomic mass is 10.1. The van der Waals surface area contributed by atoms with E-state index in [0.717, 1.165) is 11.3 Å². The van der Waals surface area contributed by atoms with Crippen LogP contribution in [0.5, 0.6) is 5.75 Å². The standard InChI is InChI=1S/C17H23N3O4.ClH/c1-24-14-4-2-12(3-5-14)10-19-6-7-20(11-16(19)22)17(23)15-8-13(21)9-18-15;/h2-5,13,15,18,21H,6-11H2,1H3;1H/t13-,15+;/m1./s1. The Kier molecular flexibility index (Phi) is 6.64. The number of halogens is 1. The zero-order valence-electron chi connectivity index (χ0n) is 14.2. The second-order valence-corrected chi connectivity index (χ2v) is 6.27. The maximum atomic E-state index is 12.4. The first-order valence-electron chi connectivity index (χ1n) is 8.18. The van der Waals surface area contributed by atoms with E-state index in [9.17, 15) is 14.7 Å². The number of nitrogens with zero attached hydrogens (tertiary/aromatic N) is 2. The topological polar surface area (TPSA) is 82.1 Å². The molecule has 2 atom stereocenters. The number of piperazine rings is 1. The van der Waals surface area contributed by atoms with Gasteiger partial charge in [0.2, 0.25) is 11.8 Å². The van der Waals surface area contributed by atoms with Crippen molar-refractivity contribution in [3.05, 3.63) is 29.8 Å². The summed E-state index contributed by atoms with van der Waals surface area (Å²) in [6, 6.07) is 7.25. The molecule has 2 fully saturated rings. The smallest absolute Gasteiger partial charge is 0.242 e. The van der Waals surface area contributed by atoms with E-state index in [1.807, 2.05) is 24.3 Å². The minimum absolute atomic E-state index is 0. The van der Waals surface area contributed by atoms with Gasteiger partial charge in [0.25, 0.3) is 0 Å². The highest BCUT2D eigenvalue weighted by Crippen LogP contribution is 2.16. The van der Waals surface area contributed by atoms with E-state index >= 15 is 0 Å². The van der Waals surface area contributed by atoms with E-state index < -0.39 is 6.10 Å². The number of nitrogens with one attached hydrogen (secondary N) is 1. The van der Waals surface area contributed by atoms with Crippen molar-refractivity contribution >= 4 is 24.2 Å².